The zero-order valence-corrected chi connectivity index (χ0v) is 16.7. The van der Waals surface area contributed by atoms with Gasteiger partial charge in [0, 0.05) is 33.3 Å². The Hall–Kier alpha value is -3.39. The second-order valence-corrected chi connectivity index (χ2v) is 8.43. The molecule has 29 heavy (non-hydrogen) atoms. The van der Waals surface area contributed by atoms with Crippen molar-refractivity contribution in [2.24, 2.45) is 5.92 Å². The van der Waals surface area contributed by atoms with Crippen LogP contribution in [0.5, 0.6) is 0 Å². The summed E-state index contributed by atoms with van der Waals surface area (Å²) in [5, 5.41) is 5.26. The second kappa shape index (κ2) is 6.05. The largest absolute Gasteiger partial charge is 0.308 e. The van der Waals surface area contributed by atoms with Crippen molar-refractivity contribution in [3.05, 3.63) is 84.6 Å². The summed E-state index contributed by atoms with van der Waals surface area (Å²) in [5.74, 6) is 0.641. The summed E-state index contributed by atoms with van der Waals surface area (Å²) in [6.45, 7) is 4.52. The Morgan fingerprint density at radius 3 is 2.38 bits per heavy atom. The lowest BCUT2D eigenvalue weighted by atomic mass is 10.0. The molecule has 0 saturated heterocycles. The van der Waals surface area contributed by atoms with E-state index in [9.17, 15) is 0 Å². The molecule has 0 aliphatic rings. The molecule has 0 amide bonds. The fourth-order valence-corrected chi connectivity index (χ4v) is 4.82. The summed E-state index contributed by atoms with van der Waals surface area (Å²) >= 11 is 0. The highest BCUT2D eigenvalue weighted by atomic mass is 14.9. The van der Waals surface area contributed by atoms with E-state index >= 15 is 0 Å². The molecule has 0 fully saturated rings. The van der Waals surface area contributed by atoms with Crippen LogP contribution in [0.1, 0.15) is 19.4 Å². The van der Waals surface area contributed by atoms with Crippen LogP contribution in [0.4, 0.5) is 0 Å². The zero-order chi connectivity index (χ0) is 19.5. The number of benzene rings is 3. The highest BCUT2D eigenvalue weighted by molar-refractivity contribution is 6.23. The molecule has 0 spiro atoms. The third kappa shape index (κ3) is 2.39. The van der Waals surface area contributed by atoms with Gasteiger partial charge in [-0.2, -0.15) is 0 Å². The number of aromatic nitrogens is 2. The van der Waals surface area contributed by atoms with Crippen LogP contribution in [0, 0.1) is 5.92 Å². The number of pyridine rings is 1. The number of hydrogen-bond acceptors (Lipinski definition) is 1. The minimum Gasteiger partial charge on any atom is -0.308 e. The quantitative estimate of drug-likeness (QED) is 0.323. The third-order valence-corrected chi connectivity index (χ3v) is 5.99. The first-order chi connectivity index (χ1) is 14.2. The zero-order valence-electron chi connectivity index (χ0n) is 16.7. The van der Waals surface area contributed by atoms with Crippen molar-refractivity contribution in [3.8, 4) is 11.3 Å². The van der Waals surface area contributed by atoms with Gasteiger partial charge in [0.15, 0.2) is 0 Å². The molecule has 0 radical (unpaired) electrons. The van der Waals surface area contributed by atoms with Gasteiger partial charge in [-0.25, -0.2) is 0 Å². The lowest BCUT2D eigenvalue weighted by Crippen LogP contribution is -1.95. The van der Waals surface area contributed by atoms with Gasteiger partial charge < -0.3 is 4.40 Å². The van der Waals surface area contributed by atoms with E-state index in [4.69, 9.17) is 0 Å². The van der Waals surface area contributed by atoms with Crippen LogP contribution in [-0.4, -0.2) is 9.38 Å². The molecule has 0 bridgehead atoms. The van der Waals surface area contributed by atoms with Crippen molar-refractivity contribution in [2.75, 3.05) is 0 Å². The summed E-state index contributed by atoms with van der Waals surface area (Å²) in [7, 11) is 0. The van der Waals surface area contributed by atoms with Gasteiger partial charge in [-0.1, -0.05) is 56.3 Å². The lowest BCUT2D eigenvalue weighted by molar-refractivity contribution is 0.647. The van der Waals surface area contributed by atoms with E-state index in [0.29, 0.717) is 5.92 Å². The van der Waals surface area contributed by atoms with Gasteiger partial charge in [-0.05, 0) is 48.2 Å². The molecule has 3 heterocycles. The van der Waals surface area contributed by atoms with E-state index in [2.05, 4.69) is 96.0 Å². The fraction of sp³-hybridized carbons (Fsp3) is 0.148. The maximum atomic E-state index is 4.67. The van der Waals surface area contributed by atoms with Gasteiger partial charge in [0.2, 0.25) is 0 Å². The standard InChI is InChI=1S/C27H22N2/c1-17(2)14-18-12-13-28-24(15-18)19-10-11-26-23(16-19)22-8-5-7-21-20-6-3-4-9-25(20)29(26)27(21)22/h3-13,15-17H,14H2,1-2H3. The third-order valence-electron chi connectivity index (χ3n) is 5.99. The minimum absolute atomic E-state index is 0.641. The predicted molar refractivity (Wildman–Crippen MR) is 123 cm³/mol. The number of hydrogen-bond donors (Lipinski definition) is 0. The van der Waals surface area contributed by atoms with Gasteiger partial charge in [-0.15, -0.1) is 0 Å². The lowest BCUT2D eigenvalue weighted by Gasteiger charge is -2.07. The molecular formula is C27H22N2. The molecule has 6 aromatic rings. The van der Waals surface area contributed by atoms with Crippen molar-refractivity contribution in [1.82, 2.24) is 9.38 Å². The average Bonchev–Trinajstić information content (AvgIpc) is 3.25. The maximum Gasteiger partial charge on any atom is 0.0704 e. The highest BCUT2D eigenvalue weighted by Crippen LogP contribution is 2.39. The molecule has 0 unspecified atom stereocenters. The Balaban J connectivity index is 1.63. The summed E-state index contributed by atoms with van der Waals surface area (Å²) in [6.07, 6.45) is 3.02. The molecule has 2 nitrogen and oxygen atoms in total. The first-order valence-corrected chi connectivity index (χ1v) is 10.3. The fourth-order valence-electron chi connectivity index (χ4n) is 4.82. The van der Waals surface area contributed by atoms with Gasteiger partial charge in [-0.3, -0.25) is 4.98 Å². The SMILES string of the molecule is CC(C)Cc1ccnc(-c2ccc3c(c2)c2cccc4c5ccccc5n3c42)c1. The van der Waals surface area contributed by atoms with Gasteiger partial charge >= 0.3 is 0 Å². The Kier molecular flexibility index (Phi) is 3.45. The van der Waals surface area contributed by atoms with Crippen molar-refractivity contribution in [1.29, 1.82) is 0 Å². The minimum atomic E-state index is 0.641. The maximum absolute atomic E-state index is 4.67. The van der Waals surface area contributed by atoms with Gasteiger partial charge in [0.25, 0.3) is 0 Å². The van der Waals surface area contributed by atoms with Crippen LogP contribution >= 0.6 is 0 Å². The van der Waals surface area contributed by atoms with Gasteiger partial charge in [0.1, 0.15) is 0 Å². The molecule has 0 aliphatic carbocycles. The van der Waals surface area contributed by atoms with E-state index in [1.165, 1.54) is 49.2 Å². The molecule has 3 aromatic heterocycles. The van der Waals surface area contributed by atoms with Crippen LogP contribution in [0.15, 0.2) is 79.0 Å². The summed E-state index contributed by atoms with van der Waals surface area (Å²) in [6, 6.07) is 26.5. The van der Waals surface area contributed by atoms with E-state index in [-0.39, 0.29) is 0 Å². The van der Waals surface area contributed by atoms with Crippen molar-refractivity contribution < 1.29 is 0 Å². The summed E-state index contributed by atoms with van der Waals surface area (Å²) < 4.78 is 2.42. The number of fused-ring (bicyclic) bond motifs is 6. The average molecular weight is 374 g/mol. The Labute approximate surface area is 169 Å². The van der Waals surface area contributed by atoms with Crippen molar-refractivity contribution in [3.63, 3.8) is 0 Å². The van der Waals surface area contributed by atoms with Crippen molar-refractivity contribution in [2.45, 2.75) is 20.3 Å². The van der Waals surface area contributed by atoms with E-state index in [1.807, 2.05) is 6.20 Å². The van der Waals surface area contributed by atoms with Crippen LogP contribution in [0.25, 0.3) is 49.4 Å². The topological polar surface area (TPSA) is 17.3 Å². The van der Waals surface area contributed by atoms with E-state index in [1.54, 1.807) is 0 Å². The number of nitrogens with zero attached hydrogens (tertiary/aromatic N) is 2. The molecule has 0 atom stereocenters. The van der Waals surface area contributed by atoms with E-state index < -0.39 is 0 Å². The second-order valence-electron chi connectivity index (χ2n) is 8.43. The Bertz CT molecular complexity index is 1500. The molecule has 3 aromatic carbocycles. The Morgan fingerprint density at radius 1 is 0.759 bits per heavy atom. The Morgan fingerprint density at radius 2 is 1.52 bits per heavy atom. The molecule has 2 heteroatoms. The first kappa shape index (κ1) is 16.6. The normalized spacial score (nSPS) is 12.2. The van der Waals surface area contributed by atoms with Crippen LogP contribution in [-0.2, 0) is 6.42 Å². The van der Waals surface area contributed by atoms with Gasteiger partial charge in [0.05, 0.1) is 22.2 Å². The molecule has 6 rings (SSSR count). The smallest absolute Gasteiger partial charge is 0.0704 e. The monoisotopic (exact) mass is 374 g/mol. The van der Waals surface area contributed by atoms with Crippen LogP contribution in [0.2, 0.25) is 0 Å². The molecular weight excluding hydrogens is 352 g/mol. The number of rotatable bonds is 3. The first-order valence-electron chi connectivity index (χ1n) is 10.3. The van der Waals surface area contributed by atoms with Crippen LogP contribution < -0.4 is 0 Å². The van der Waals surface area contributed by atoms with Crippen molar-refractivity contribution >= 4 is 38.1 Å². The summed E-state index contributed by atoms with van der Waals surface area (Å²) in [5.41, 5.74) is 7.45. The predicted octanol–water partition coefficient (Wildman–Crippen LogP) is 7.10. The number of para-hydroxylation sites is 2. The molecule has 140 valence electrons. The van der Waals surface area contributed by atoms with Crippen LogP contribution in [0.3, 0.4) is 0 Å². The van der Waals surface area contributed by atoms with E-state index in [0.717, 1.165) is 12.1 Å². The summed E-state index contributed by atoms with van der Waals surface area (Å²) in [4.78, 5) is 4.67. The molecule has 0 N–H and O–H groups in total. The molecule has 0 aliphatic heterocycles. The highest BCUT2D eigenvalue weighted by Gasteiger charge is 2.17. The molecule has 0 saturated carbocycles.